The second kappa shape index (κ2) is 2.25. The van der Waals surface area contributed by atoms with Crippen molar-refractivity contribution in [3.63, 3.8) is 0 Å². The number of carbonyl (C=O) groups is 1. The summed E-state index contributed by atoms with van der Waals surface area (Å²) in [6.07, 6.45) is 0.578. The van der Waals surface area contributed by atoms with Crippen LogP contribution in [0.5, 0.6) is 0 Å². The van der Waals surface area contributed by atoms with Gasteiger partial charge in [0.05, 0.1) is 6.04 Å². The van der Waals surface area contributed by atoms with Gasteiger partial charge in [-0.2, -0.15) is 0 Å². The molecule has 1 aromatic carbocycles. The minimum atomic E-state index is -0.287. The van der Waals surface area contributed by atoms with Crippen LogP contribution in [0.2, 0.25) is 0 Å². The number of carbonyl (C=O) groups excluding carboxylic acids is 1. The molecule has 0 spiro atoms. The van der Waals surface area contributed by atoms with Crippen LogP contribution in [0.15, 0.2) is 24.3 Å². The molecule has 0 saturated carbocycles. The van der Waals surface area contributed by atoms with Crippen LogP contribution in [0.3, 0.4) is 0 Å². The van der Waals surface area contributed by atoms with E-state index in [1.807, 2.05) is 12.1 Å². The number of amides is 1. The Labute approximate surface area is 75.7 Å². The van der Waals surface area contributed by atoms with E-state index in [4.69, 9.17) is 4.74 Å². The summed E-state index contributed by atoms with van der Waals surface area (Å²) in [7, 11) is 0. The van der Waals surface area contributed by atoms with Gasteiger partial charge in [0.2, 0.25) is 0 Å². The lowest BCUT2D eigenvalue weighted by atomic mass is 10.1. The van der Waals surface area contributed by atoms with Gasteiger partial charge in [0.25, 0.3) is 0 Å². The smallest absolute Gasteiger partial charge is 0.408 e. The standard InChI is InChI=1S/C10H9NO2/c12-10-11-9-7-4-2-1-3-6(7)5-8(9)13-10/h1-4,8-9H,5H2,(H,11,12)/t8?,9-/m0/s1. The molecule has 66 valence electrons. The van der Waals surface area contributed by atoms with E-state index in [2.05, 4.69) is 17.4 Å². The molecule has 1 amide bonds. The Morgan fingerprint density at radius 3 is 3.15 bits per heavy atom. The first-order chi connectivity index (χ1) is 6.34. The van der Waals surface area contributed by atoms with E-state index < -0.39 is 0 Å². The summed E-state index contributed by atoms with van der Waals surface area (Å²) in [4.78, 5) is 10.9. The average molecular weight is 175 g/mol. The monoisotopic (exact) mass is 175 g/mol. The van der Waals surface area contributed by atoms with Crippen molar-refractivity contribution in [2.45, 2.75) is 18.6 Å². The molecule has 3 heteroatoms. The fraction of sp³-hybridized carbons (Fsp3) is 0.300. The summed E-state index contributed by atoms with van der Waals surface area (Å²) in [5, 5.41) is 2.81. The number of alkyl carbamates (subject to hydrolysis) is 1. The highest BCUT2D eigenvalue weighted by Crippen LogP contribution is 2.36. The van der Waals surface area contributed by atoms with Gasteiger partial charge in [-0.05, 0) is 11.1 Å². The summed E-state index contributed by atoms with van der Waals surface area (Å²) in [5.41, 5.74) is 2.50. The van der Waals surface area contributed by atoms with E-state index in [-0.39, 0.29) is 18.2 Å². The molecule has 1 N–H and O–H groups in total. The van der Waals surface area contributed by atoms with E-state index in [1.165, 1.54) is 11.1 Å². The van der Waals surface area contributed by atoms with Crippen molar-refractivity contribution in [2.24, 2.45) is 0 Å². The Morgan fingerprint density at radius 2 is 2.23 bits per heavy atom. The molecule has 3 nitrogen and oxygen atoms in total. The van der Waals surface area contributed by atoms with Gasteiger partial charge >= 0.3 is 6.09 Å². The average Bonchev–Trinajstić information content (AvgIpc) is 2.60. The third-order valence-corrected chi connectivity index (χ3v) is 2.71. The topological polar surface area (TPSA) is 38.3 Å². The normalized spacial score (nSPS) is 29.1. The fourth-order valence-electron chi connectivity index (χ4n) is 2.14. The van der Waals surface area contributed by atoms with Gasteiger partial charge in [0, 0.05) is 6.42 Å². The van der Waals surface area contributed by atoms with E-state index in [0.29, 0.717) is 0 Å². The lowest BCUT2D eigenvalue weighted by Gasteiger charge is -2.05. The zero-order chi connectivity index (χ0) is 8.84. The van der Waals surface area contributed by atoms with Gasteiger partial charge < -0.3 is 10.1 Å². The van der Waals surface area contributed by atoms with E-state index in [0.717, 1.165) is 6.42 Å². The number of ether oxygens (including phenoxy) is 1. The molecule has 1 aliphatic heterocycles. The highest BCUT2D eigenvalue weighted by Gasteiger charge is 2.41. The van der Waals surface area contributed by atoms with E-state index in [1.54, 1.807) is 0 Å². The summed E-state index contributed by atoms with van der Waals surface area (Å²) < 4.78 is 5.12. The Hall–Kier alpha value is -1.51. The number of rotatable bonds is 0. The first-order valence-corrected chi connectivity index (χ1v) is 4.39. The minimum Gasteiger partial charge on any atom is -0.443 e. The number of fused-ring (bicyclic) bond motifs is 3. The van der Waals surface area contributed by atoms with Crippen LogP contribution < -0.4 is 5.32 Å². The molecule has 13 heavy (non-hydrogen) atoms. The minimum absolute atomic E-state index is 0.0184. The van der Waals surface area contributed by atoms with Crippen LogP contribution in [0.1, 0.15) is 17.2 Å². The molecule has 0 radical (unpaired) electrons. The van der Waals surface area contributed by atoms with Crippen molar-refractivity contribution in [1.82, 2.24) is 5.32 Å². The van der Waals surface area contributed by atoms with Crippen LogP contribution in [-0.2, 0) is 11.2 Å². The fourth-order valence-corrected chi connectivity index (χ4v) is 2.14. The summed E-state index contributed by atoms with van der Waals surface area (Å²) in [5.74, 6) is 0. The van der Waals surface area contributed by atoms with E-state index in [9.17, 15) is 4.79 Å². The quantitative estimate of drug-likeness (QED) is 0.647. The maximum Gasteiger partial charge on any atom is 0.408 e. The highest BCUT2D eigenvalue weighted by molar-refractivity contribution is 5.71. The molecular weight excluding hydrogens is 166 g/mol. The molecule has 1 fully saturated rings. The molecule has 1 unspecified atom stereocenters. The zero-order valence-electron chi connectivity index (χ0n) is 6.99. The number of hydrogen-bond acceptors (Lipinski definition) is 2. The molecule has 2 atom stereocenters. The Kier molecular flexibility index (Phi) is 1.20. The molecule has 1 aromatic rings. The van der Waals surface area contributed by atoms with Crippen LogP contribution in [0, 0.1) is 0 Å². The van der Waals surface area contributed by atoms with Gasteiger partial charge in [-0.1, -0.05) is 24.3 Å². The van der Waals surface area contributed by atoms with Gasteiger partial charge in [-0.3, -0.25) is 0 Å². The third-order valence-electron chi connectivity index (χ3n) is 2.71. The van der Waals surface area contributed by atoms with Gasteiger partial charge in [-0.25, -0.2) is 4.79 Å². The summed E-state index contributed by atoms with van der Waals surface area (Å²) in [6, 6.07) is 8.23. The van der Waals surface area contributed by atoms with Crippen molar-refractivity contribution in [1.29, 1.82) is 0 Å². The van der Waals surface area contributed by atoms with Crippen LogP contribution in [-0.4, -0.2) is 12.2 Å². The number of hydrogen-bond donors (Lipinski definition) is 1. The van der Waals surface area contributed by atoms with Crippen molar-refractivity contribution in [3.05, 3.63) is 35.4 Å². The molecule has 1 heterocycles. The van der Waals surface area contributed by atoms with Crippen molar-refractivity contribution < 1.29 is 9.53 Å². The predicted molar refractivity (Wildman–Crippen MR) is 46.3 cm³/mol. The largest absolute Gasteiger partial charge is 0.443 e. The lowest BCUT2D eigenvalue weighted by Crippen LogP contribution is -2.18. The molecule has 3 rings (SSSR count). The molecular formula is C10H9NO2. The molecule has 2 aliphatic rings. The first-order valence-electron chi connectivity index (χ1n) is 4.39. The molecule has 0 aromatic heterocycles. The highest BCUT2D eigenvalue weighted by atomic mass is 16.6. The third kappa shape index (κ3) is 0.869. The zero-order valence-corrected chi connectivity index (χ0v) is 6.99. The lowest BCUT2D eigenvalue weighted by molar-refractivity contribution is 0.136. The SMILES string of the molecule is O=C1N[C@H]2c3ccccc3CC2O1. The maximum absolute atomic E-state index is 10.9. The Balaban J connectivity index is 2.06. The van der Waals surface area contributed by atoms with Crippen LogP contribution in [0.25, 0.3) is 0 Å². The van der Waals surface area contributed by atoms with Crippen molar-refractivity contribution in [2.75, 3.05) is 0 Å². The first kappa shape index (κ1) is 6.95. The second-order valence-corrected chi connectivity index (χ2v) is 3.47. The van der Waals surface area contributed by atoms with Crippen LogP contribution >= 0.6 is 0 Å². The summed E-state index contributed by atoms with van der Waals surface area (Å²) >= 11 is 0. The van der Waals surface area contributed by atoms with Gasteiger partial charge in [0.1, 0.15) is 6.10 Å². The second-order valence-electron chi connectivity index (χ2n) is 3.47. The molecule has 1 aliphatic carbocycles. The molecule has 1 saturated heterocycles. The van der Waals surface area contributed by atoms with Crippen LogP contribution in [0.4, 0.5) is 4.79 Å². The number of nitrogens with one attached hydrogen (secondary N) is 1. The Morgan fingerprint density at radius 1 is 1.38 bits per heavy atom. The maximum atomic E-state index is 10.9. The van der Waals surface area contributed by atoms with Crippen molar-refractivity contribution >= 4 is 6.09 Å². The van der Waals surface area contributed by atoms with Crippen molar-refractivity contribution in [3.8, 4) is 0 Å². The predicted octanol–water partition coefficient (Wildman–Crippen LogP) is 1.39. The summed E-state index contributed by atoms with van der Waals surface area (Å²) in [6.45, 7) is 0. The Bertz CT molecular complexity index is 375. The van der Waals surface area contributed by atoms with E-state index >= 15 is 0 Å². The van der Waals surface area contributed by atoms with Gasteiger partial charge in [-0.15, -0.1) is 0 Å². The number of benzene rings is 1. The molecule has 0 bridgehead atoms. The van der Waals surface area contributed by atoms with Gasteiger partial charge in [0.15, 0.2) is 0 Å².